The molecule has 1 unspecified atom stereocenters. The van der Waals surface area contributed by atoms with Crippen LogP contribution in [0.3, 0.4) is 0 Å². The smallest absolute Gasteiger partial charge is 0.240 e. The van der Waals surface area contributed by atoms with Crippen molar-refractivity contribution in [3.63, 3.8) is 0 Å². The fourth-order valence-corrected chi connectivity index (χ4v) is 4.01. The molecule has 0 radical (unpaired) electrons. The molecule has 0 saturated heterocycles. The molecule has 0 amide bonds. The Morgan fingerprint density at radius 2 is 1.64 bits per heavy atom. The van der Waals surface area contributed by atoms with E-state index in [1.807, 2.05) is 49.4 Å². The minimum atomic E-state index is -3.58. The quantitative estimate of drug-likeness (QED) is 0.738. The first-order valence-electron chi connectivity index (χ1n) is 8.66. The van der Waals surface area contributed by atoms with Gasteiger partial charge in [0.2, 0.25) is 10.0 Å². The minimum absolute atomic E-state index is 0.184. The Hall–Kier alpha value is -1.69. The van der Waals surface area contributed by atoms with Gasteiger partial charge >= 0.3 is 0 Å². The molecule has 0 bridgehead atoms. The van der Waals surface area contributed by atoms with Crippen LogP contribution in [0.2, 0.25) is 0 Å². The third kappa shape index (κ3) is 4.69. The van der Waals surface area contributed by atoms with Crippen LogP contribution in [-0.4, -0.2) is 22.1 Å². The van der Waals surface area contributed by atoms with E-state index >= 15 is 0 Å². The minimum Gasteiger partial charge on any atom is -0.372 e. The Balaban J connectivity index is 2.19. The van der Waals surface area contributed by atoms with Gasteiger partial charge in [0, 0.05) is 13.7 Å². The molecule has 0 fully saturated rings. The summed E-state index contributed by atoms with van der Waals surface area (Å²) in [6.07, 6.45) is 2.64. The van der Waals surface area contributed by atoms with Crippen molar-refractivity contribution >= 4 is 10.0 Å². The maximum absolute atomic E-state index is 12.6. The summed E-state index contributed by atoms with van der Waals surface area (Å²) in [7, 11) is -1.97. The van der Waals surface area contributed by atoms with Crippen LogP contribution < -0.4 is 4.72 Å². The number of hydrogen-bond donors (Lipinski definition) is 1. The Morgan fingerprint density at radius 1 is 1.00 bits per heavy atom. The number of nitrogens with one attached hydrogen (secondary N) is 1. The van der Waals surface area contributed by atoms with Gasteiger partial charge in [0.25, 0.3) is 0 Å². The van der Waals surface area contributed by atoms with Gasteiger partial charge in [-0.3, -0.25) is 0 Å². The zero-order valence-corrected chi connectivity index (χ0v) is 16.0. The molecule has 0 aliphatic heterocycles. The first-order chi connectivity index (χ1) is 12.0. The van der Waals surface area contributed by atoms with E-state index in [0.717, 1.165) is 24.0 Å². The van der Waals surface area contributed by atoms with Gasteiger partial charge in [-0.05, 0) is 36.1 Å². The molecule has 0 aromatic heterocycles. The normalized spacial score (nSPS) is 14.2. The topological polar surface area (TPSA) is 55.4 Å². The van der Waals surface area contributed by atoms with Crippen molar-refractivity contribution in [1.29, 1.82) is 0 Å². The maximum atomic E-state index is 12.6. The maximum Gasteiger partial charge on any atom is 0.240 e. The van der Waals surface area contributed by atoms with Gasteiger partial charge in [0.15, 0.2) is 0 Å². The number of sulfonamides is 1. The Kier molecular flexibility index (Phi) is 6.76. The van der Waals surface area contributed by atoms with E-state index in [-0.39, 0.29) is 11.4 Å². The van der Waals surface area contributed by atoms with E-state index in [1.54, 1.807) is 19.2 Å². The Labute approximate surface area is 151 Å². The first-order valence-corrected chi connectivity index (χ1v) is 10.1. The molecule has 2 rings (SSSR count). The van der Waals surface area contributed by atoms with Crippen LogP contribution in [0, 0.1) is 0 Å². The van der Waals surface area contributed by atoms with Gasteiger partial charge in [-0.1, -0.05) is 62.7 Å². The van der Waals surface area contributed by atoms with Gasteiger partial charge in [-0.2, -0.15) is 0 Å². The summed E-state index contributed by atoms with van der Waals surface area (Å²) < 4.78 is 33.7. The molecule has 2 aromatic carbocycles. The van der Waals surface area contributed by atoms with E-state index < -0.39 is 15.6 Å². The second kappa shape index (κ2) is 8.61. The molecule has 1 atom stereocenters. The molecule has 0 spiro atoms. The predicted octanol–water partition coefficient (Wildman–Crippen LogP) is 3.87. The average Bonchev–Trinajstić information content (AvgIpc) is 2.65. The lowest BCUT2D eigenvalue weighted by atomic mass is 9.91. The summed E-state index contributed by atoms with van der Waals surface area (Å²) in [5.41, 5.74) is 1.42. The molecule has 1 N–H and O–H groups in total. The summed E-state index contributed by atoms with van der Waals surface area (Å²) in [4.78, 5) is 0.279. The molecule has 0 aliphatic rings. The molecular weight excluding hydrogens is 334 g/mol. The standard InChI is InChI=1S/C20H27NO3S/c1-4-9-17-12-14-19(15-13-17)25(22,23)21-16-20(5-2,24-3)18-10-7-6-8-11-18/h6-8,10-15,21H,4-5,9,16H2,1-3H3. The summed E-state index contributed by atoms with van der Waals surface area (Å²) in [5, 5.41) is 0. The highest BCUT2D eigenvalue weighted by Crippen LogP contribution is 2.28. The number of benzene rings is 2. The van der Waals surface area contributed by atoms with Crippen molar-refractivity contribution in [1.82, 2.24) is 4.72 Å². The third-order valence-corrected chi connectivity index (χ3v) is 6.00. The lowest BCUT2D eigenvalue weighted by Gasteiger charge is -2.32. The Morgan fingerprint density at radius 3 is 2.16 bits per heavy atom. The third-order valence-electron chi connectivity index (χ3n) is 4.58. The van der Waals surface area contributed by atoms with Gasteiger partial charge in [0.05, 0.1) is 4.90 Å². The summed E-state index contributed by atoms with van der Waals surface area (Å²) in [6.45, 7) is 4.28. The van der Waals surface area contributed by atoms with Crippen molar-refractivity contribution in [2.45, 2.75) is 43.6 Å². The first kappa shape index (κ1) is 19.6. The zero-order valence-electron chi connectivity index (χ0n) is 15.2. The second-order valence-corrected chi connectivity index (χ2v) is 7.90. The highest BCUT2D eigenvalue weighted by Gasteiger charge is 2.32. The number of methoxy groups -OCH3 is 1. The van der Waals surface area contributed by atoms with Gasteiger partial charge in [-0.25, -0.2) is 13.1 Å². The molecule has 2 aromatic rings. The van der Waals surface area contributed by atoms with Crippen LogP contribution in [0.15, 0.2) is 59.5 Å². The monoisotopic (exact) mass is 361 g/mol. The highest BCUT2D eigenvalue weighted by atomic mass is 32.2. The fraction of sp³-hybridized carbons (Fsp3) is 0.400. The summed E-state index contributed by atoms with van der Waals surface area (Å²) in [5.74, 6) is 0. The van der Waals surface area contributed by atoms with Crippen LogP contribution in [0.25, 0.3) is 0 Å². The van der Waals surface area contributed by atoms with Crippen molar-refractivity contribution in [2.75, 3.05) is 13.7 Å². The number of aryl methyl sites for hydroxylation is 1. The predicted molar refractivity (Wildman–Crippen MR) is 101 cm³/mol. The number of ether oxygens (including phenoxy) is 1. The van der Waals surface area contributed by atoms with Crippen LogP contribution in [0.5, 0.6) is 0 Å². The van der Waals surface area contributed by atoms with E-state index in [1.165, 1.54) is 0 Å². The van der Waals surface area contributed by atoms with Crippen LogP contribution in [0.4, 0.5) is 0 Å². The average molecular weight is 362 g/mol. The zero-order chi connectivity index (χ0) is 18.3. The summed E-state index contributed by atoms with van der Waals surface area (Å²) in [6, 6.07) is 16.8. The largest absolute Gasteiger partial charge is 0.372 e. The van der Waals surface area contributed by atoms with Crippen LogP contribution >= 0.6 is 0 Å². The molecule has 0 saturated carbocycles. The molecule has 0 aliphatic carbocycles. The van der Waals surface area contributed by atoms with Crippen molar-refractivity contribution < 1.29 is 13.2 Å². The lowest BCUT2D eigenvalue weighted by molar-refractivity contribution is -0.0133. The Bertz CT molecular complexity index is 751. The van der Waals surface area contributed by atoms with E-state index in [0.29, 0.717) is 6.42 Å². The van der Waals surface area contributed by atoms with Gasteiger partial charge in [-0.15, -0.1) is 0 Å². The van der Waals surface area contributed by atoms with Gasteiger partial charge < -0.3 is 4.74 Å². The number of hydrogen-bond acceptors (Lipinski definition) is 3. The van der Waals surface area contributed by atoms with Crippen molar-refractivity contribution in [2.24, 2.45) is 0 Å². The SMILES string of the molecule is CCCc1ccc(S(=O)(=O)NCC(CC)(OC)c2ccccc2)cc1. The molecule has 4 nitrogen and oxygen atoms in total. The van der Waals surface area contributed by atoms with E-state index in [4.69, 9.17) is 4.74 Å². The van der Waals surface area contributed by atoms with Crippen LogP contribution in [0.1, 0.15) is 37.8 Å². The molecular formula is C20H27NO3S. The second-order valence-electron chi connectivity index (χ2n) is 6.14. The molecule has 5 heteroatoms. The van der Waals surface area contributed by atoms with Crippen LogP contribution in [-0.2, 0) is 26.8 Å². The fourth-order valence-electron chi connectivity index (χ4n) is 2.93. The number of rotatable bonds is 9. The van der Waals surface area contributed by atoms with E-state index in [9.17, 15) is 8.42 Å². The van der Waals surface area contributed by atoms with Crippen molar-refractivity contribution in [3.05, 3.63) is 65.7 Å². The van der Waals surface area contributed by atoms with E-state index in [2.05, 4.69) is 11.6 Å². The van der Waals surface area contributed by atoms with Gasteiger partial charge in [0.1, 0.15) is 5.60 Å². The van der Waals surface area contributed by atoms with Crippen molar-refractivity contribution in [3.8, 4) is 0 Å². The lowest BCUT2D eigenvalue weighted by Crippen LogP contribution is -2.41. The summed E-state index contributed by atoms with van der Waals surface area (Å²) >= 11 is 0. The highest BCUT2D eigenvalue weighted by molar-refractivity contribution is 7.89. The molecule has 136 valence electrons. The molecule has 0 heterocycles. The molecule has 25 heavy (non-hydrogen) atoms.